The molecule has 0 heterocycles. The van der Waals surface area contributed by atoms with Gasteiger partial charge in [0.05, 0.1) is 0 Å². The Morgan fingerprint density at radius 2 is 1.50 bits per heavy atom. The van der Waals surface area contributed by atoms with Crippen LogP contribution in [0, 0.1) is 11.3 Å². The average molecular weight is 182 g/mol. The van der Waals surface area contributed by atoms with Gasteiger partial charge >= 0.3 is 6.18 Å². The van der Waals surface area contributed by atoms with Gasteiger partial charge in [0.1, 0.15) is 11.7 Å². The zero-order chi connectivity index (χ0) is 10.2. The summed E-state index contributed by atoms with van der Waals surface area (Å²) in [6, 6.07) is 0. The fourth-order valence-electron chi connectivity index (χ4n) is 1.33. The van der Waals surface area contributed by atoms with Crippen LogP contribution >= 0.6 is 0 Å². The number of rotatable bonds is 1. The van der Waals surface area contributed by atoms with Gasteiger partial charge in [-0.15, -0.1) is 0 Å². The second kappa shape index (κ2) is 3.07. The molecule has 4 heteroatoms. The van der Waals surface area contributed by atoms with Gasteiger partial charge in [0.15, 0.2) is 0 Å². The Kier molecular flexibility index (Phi) is 2.93. The molecule has 0 unspecified atom stereocenters. The maximum absolute atomic E-state index is 12.2. The molecule has 0 aliphatic heterocycles. The van der Waals surface area contributed by atoms with Crippen LogP contribution in [0.1, 0.15) is 27.7 Å². The third kappa shape index (κ3) is 2.83. The minimum Gasteiger partial charge on any atom is -0.299 e. The van der Waals surface area contributed by atoms with Gasteiger partial charge < -0.3 is 0 Å². The van der Waals surface area contributed by atoms with Crippen LogP contribution in [0.25, 0.3) is 0 Å². The Bertz CT molecular complexity index is 162. The van der Waals surface area contributed by atoms with E-state index in [-0.39, 0.29) is 0 Å². The van der Waals surface area contributed by atoms with Crippen LogP contribution in [-0.4, -0.2) is 12.0 Å². The minimum absolute atomic E-state index is 0.824. The van der Waals surface area contributed by atoms with Gasteiger partial charge in [0.25, 0.3) is 0 Å². The lowest BCUT2D eigenvalue weighted by Crippen LogP contribution is -2.39. The number of hydrogen-bond donors (Lipinski definition) is 0. The highest BCUT2D eigenvalue weighted by Gasteiger charge is 2.49. The maximum Gasteiger partial charge on any atom is 0.399 e. The first-order valence-electron chi connectivity index (χ1n) is 3.64. The summed E-state index contributed by atoms with van der Waals surface area (Å²) >= 11 is 0. The van der Waals surface area contributed by atoms with E-state index in [0.717, 1.165) is 6.92 Å². The van der Waals surface area contributed by atoms with Crippen LogP contribution in [0.2, 0.25) is 0 Å². The van der Waals surface area contributed by atoms with Gasteiger partial charge in [-0.3, -0.25) is 4.79 Å². The van der Waals surface area contributed by atoms with Crippen LogP contribution in [0.15, 0.2) is 0 Å². The SMILES string of the molecule is CC(=O)[C@H](C(C)(C)C)C(F)(F)F. The average Bonchev–Trinajstić information content (AvgIpc) is 1.49. The molecule has 0 rings (SSSR count). The highest BCUT2D eigenvalue weighted by molar-refractivity contribution is 5.79. The Hall–Kier alpha value is -0.540. The fraction of sp³-hybridized carbons (Fsp3) is 0.875. The van der Waals surface area contributed by atoms with Gasteiger partial charge in [-0.25, -0.2) is 0 Å². The summed E-state index contributed by atoms with van der Waals surface area (Å²) in [5.74, 6) is -2.68. The predicted molar refractivity (Wildman–Crippen MR) is 39.7 cm³/mol. The maximum atomic E-state index is 12.2. The lowest BCUT2D eigenvalue weighted by molar-refractivity contribution is -0.199. The summed E-state index contributed by atoms with van der Waals surface area (Å²) in [5.41, 5.74) is -1.05. The van der Waals surface area contributed by atoms with Crippen molar-refractivity contribution in [3.63, 3.8) is 0 Å². The molecule has 1 atom stereocenters. The van der Waals surface area contributed by atoms with Crippen molar-refractivity contribution in [3.05, 3.63) is 0 Å². The molecule has 0 aliphatic rings. The van der Waals surface area contributed by atoms with Gasteiger partial charge in [-0.2, -0.15) is 13.2 Å². The Balaban J connectivity index is 4.82. The van der Waals surface area contributed by atoms with E-state index in [2.05, 4.69) is 0 Å². The Morgan fingerprint density at radius 1 is 1.17 bits per heavy atom. The molecule has 0 saturated heterocycles. The minimum atomic E-state index is -4.43. The molecule has 0 aromatic rings. The molecule has 0 aromatic carbocycles. The number of carbonyl (C=O) groups excluding carboxylic acids is 1. The quantitative estimate of drug-likeness (QED) is 0.609. The Labute approximate surface area is 70.0 Å². The van der Waals surface area contributed by atoms with Crippen LogP contribution in [0.5, 0.6) is 0 Å². The highest BCUT2D eigenvalue weighted by Crippen LogP contribution is 2.39. The predicted octanol–water partition coefficient (Wildman–Crippen LogP) is 2.80. The molecule has 0 N–H and O–H groups in total. The number of alkyl halides is 3. The van der Waals surface area contributed by atoms with Gasteiger partial charge in [-0.05, 0) is 12.3 Å². The molecule has 0 aromatic heterocycles. The summed E-state index contributed by atoms with van der Waals surface area (Å²) in [6.07, 6.45) is -4.43. The van der Waals surface area contributed by atoms with Crippen LogP contribution in [0.4, 0.5) is 13.2 Å². The van der Waals surface area contributed by atoms with E-state index in [4.69, 9.17) is 0 Å². The number of carbonyl (C=O) groups is 1. The second-order valence-corrected chi connectivity index (χ2v) is 3.95. The van der Waals surface area contributed by atoms with Crippen molar-refractivity contribution in [2.45, 2.75) is 33.9 Å². The lowest BCUT2D eigenvalue weighted by Gasteiger charge is -2.30. The molecule has 0 radical (unpaired) electrons. The highest BCUT2D eigenvalue weighted by atomic mass is 19.4. The number of ketones is 1. The van der Waals surface area contributed by atoms with Crippen LogP contribution < -0.4 is 0 Å². The van der Waals surface area contributed by atoms with E-state index in [1.54, 1.807) is 0 Å². The Morgan fingerprint density at radius 3 is 1.50 bits per heavy atom. The van der Waals surface area contributed by atoms with Crippen LogP contribution in [0.3, 0.4) is 0 Å². The van der Waals surface area contributed by atoms with Crippen molar-refractivity contribution in [2.24, 2.45) is 11.3 Å². The molecule has 0 spiro atoms. The number of halogens is 3. The molecule has 0 aliphatic carbocycles. The zero-order valence-electron chi connectivity index (χ0n) is 7.62. The summed E-state index contributed by atoms with van der Waals surface area (Å²) in [4.78, 5) is 10.7. The molecular weight excluding hydrogens is 169 g/mol. The van der Waals surface area contributed by atoms with Gasteiger partial charge in [0.2, 0.25) is 0 Å². The molecule has 0 bridgehead atoms. The topological polar surface area (TPSA) is 17.1 Å². The van der Waals surface area contributed by atoms with E-state index in [1.165, 1.54) is 20.8 Å². The second-order valence-electron chi connectivity index (χ2n) is 3.95. The fourth-order valence-corrected chi connectivity index (χ4v) is 1.33. The van der Waals surface area contributed by atoms with Crippen molar-refractivity contribution in [2.75, 3.05) is 0 Å². The van der Waals surface area contributed by atoms with Crippen LogP contribution in [-0.2, 0) is 4.79 Å². The van der Waals surface area contributed by atoms with E-state index in [1.807, 2.05) is 0 Å². The molecular formula is C8H13F3O. The van der Waals surface area contributed by atoms with E-state index >= 15 is 0 Å². The lowest BCUT2D eigenvalue weighted by atomic mass is 9.78. The molecule has 0 amide bonds. The normalized spacial score (nSPS) is 15.9. The van der Waals surface area contributed by atoms with Crippen molar-refractivity contribution in [1.82, 2.24) is 0 Å². The summed E-state index contributed by atoms with van der Waals surface area (Å²) in [7, 11) is 0. The number of hydrogen-bond acceptors (Lipinski definition) is 1. The zero-order valence-corrected chi connectivity index (χ0v) is 7.62. The summed E-state index contributed by atoms with van der Waals surface area (Å²) < 4.78 is 36.7. The first-order chi connectivity index (χ1) is 5.07. The smallest absolute Gasteiger partial charge is 0.299 e. The largest absolute Gasteiger partial charge is 0.399 e. The van der Waals surface area contributed by atoms with Crippen molar-refractivity contribution in [3.8, 4) is 0 Å². The third-order valence-electron chi connectivity index (χ3n) is 1.60. The van der Waals surface area contributed by atoms with Crippen molar-refractivity contribution in [1.29, 1.82) is 0 Å². The number of Topliss-reactive ketones (excluding diaryl/α,β-unsaturated/α-hetero) is 1. The van der Waals surface area contributed by atoms with Crippen molar-refractivity contribution < 1.29 is 18.0 Å². The van der Waals surface area contributed by atoms with Gasteiger partial charge in [0, 0.05) is 0 Å². The molecule has 72 valence electrons. The van der Waals surface area contributed by atoms with E-state index in [0.29, 0.717) is 0 Å². The van der Waals surface area contributed by atoms with Gasteiger partial charge in [-0.1, -0.05) is 20.8 Å². The van der Waals surface area contributed by atoms with Crippen molar-refractivity contribution >= 4 is 5.78 Å². The first kappa shape index (κ1) is 11.5. The van der Waals surface area contributed by atoms with E-state index < -0.39 is 23.3 Å². The molecule has 0 saturated carbocycles. The summed E-state index contributed by atoms with van der Waals surface area (Å²) in [5, 5.41) is 0. The molecule has 12 heavy (non-hydrogen) atoms. The monoisotopic (exact) mass is 182 g/mol. The first-order valence-corrected chi connectivity index (χ1v) is 3.64. The summed E-state index contributed by atoms with van der Waals surface area (Å²) in [6.45, 7) is 5.20. The third-order valence-corrected chi connectivity index (χ3v) is 1.60. The molecule has 1 nitrogen and oxygen atoms in total. The standard InChI is InChI=1S/C8H13F3O/c1-5(12)6(7(2,3)4)8(9,10)11/h6H,1-4H3/t6-/m1/s1. The van der Waals surface area contributed by atoms with E-state index in [9.17, 15) is 18.0 Å². The molecule has 0 fully saturated rings.